The molecule has 216 valence electrons. The van der Waals surface area contributed by atoms with Gasteiger partial charge in [0.15, 0.2) is 0 Å². The molecule has 0 fully saturated rings. The van der Waals surface area contributed by atoms with Gasteiger partial charge in [0.25, 0.3) is 0 Å². The van der Waals surface area contributed by atoms with Crippen molar-refractivity contribution in [2.75, 3.05) is 0 Å². The molecule has 7 aromatic carbocycles. The molecule has 2 aromatic heterocycles. The Morgan fingerprint density at radius 3 is 2.00 bits per heavy atom. The zero-order valence-electron chi connectivity index (χ0n) is 25.8. The molecule has 0 radical (unpaired) electrons. The van der Waals surface area contributed by atoms with E-state index in [1.807, 2.05) is 0 Å². The Balaban J connectivity index is 1.13. The molecule has 0 saturated heterocycles. The summed E-state index contributed by atoms with van der Waals surface area (Å²) in [5.74, 6) is 0. The highest BCUT2D eigenvalue weighted by molar-refractivity contribution is 6.23. The van der Waals surface area contributed by atoms with Gasteiger partial charge in [-0.05, 0) is 84.9 Å². The van der Waals surface area contributed by atoms with E-state index >= 15 is 0 Å². The van der Waals surface area contributed by atoms with Gasteiger partial charge in [-0.25, -0.2) is 4.98 Å². The lowest BCUT2D eigenvalue weighted by molar-refractivity contribution is 0.660. The molecule has 2 heterocycles. The van der Waals surface area contributed by atoms with Crippen molar-refractivity contribution in [2.24, 2.45) is 0 Å². The van der Waals surface area contributed by atoms with E-state index in [-0.39, 0.29) is 5.41 Å². The van der Waals surface area contributed by atoms with Crippen molar-refractivity contribution in [1.29, 1.82) is 0 Å². The van der Waals surface area contributed by atoms with Crippen molar-refractivity contribution in [3.05, 3.63) is 157 Å². The van der Waals surface area contributed by atoms with Crippen molar-refractivity contribution < 1.29 is 0 Å². The van der Waals surface area contributed by atoms with Crippen LogP contribution in [0.15, 0.2) is 146 Å². The van der Waals surface area contributed by atoms with Gasteiger partial charge in [0, 0.05) is 16.2 Å². The van der Waals surface area contributed by atoms with Crippen LogP contribution in [0.1, 0.15) is 25.0 Å². The van der Waals surface area contributed by atoms with E-state index in [1.165, 1.54) is 77.0 Å². The number of para-hydroxylation sites is 2. The Morgan fingerprint density at radius 1 is 0.478 bits per heavy atom. The Bertz CT molecular complexity index is 2710. The van der Waals surface area contributed by atoms with Gasteiger partial charge >= 0.3 is 0 Å². The number of aromatic nitrogens is 2. The fourth-order valence-electron chi connectivity index (χ4n) is 8.04. The van der Waals surface area contributed by atoms with E-state index in [2.05, 4.69) is 164 Å². The summed E-state index contributed by atoms with van der Waals surface area (Å²) < 4.78 is 2.36. The monoisotopic (exact) mass is 586 g/mol. The zero-order valence-corrected chi connectivity index (χ0v) is 25.8. The first-order valence-electron chi connectivity index (χ1n) is 16.1. The molecule has 2 nitrogen and oxygen atoms in total. The fraction of sp³-hybridized carbons (Fsp3) is 0.0682. The Hall–Kier alpha value is -5.73. The van der Waals surface area contributed by atoms with E-state index in [9.17, 15) is 0 Å². The lowest BCUT2D eigenvalue weighted by Gasteiger charge is -2.22. The molecular weight excluding hydrogens is 556 g/mol. The van der Waals surface area contributed by atoms with Crippen LogP contribution >= 0.6 is 0 Å². The summed E-state index contributed by atoms with van der Waals surface area (Å²) >= 11 is 0. The molecule has 0 spiro atoms. The van der Waals surface area contributed by atoms with Gasteiger partial charge in [-0.2, -0.15) is 0 Å². The van der Waals surface area contributed by atoms with E-state index in [0.717, 1.165) is 16.7 Å². The number of benzene rings is 7. The van der Waals surface area contributed by atoms with Gasteiger partial charge in [0.2, 0.25) is 0 Å². The average molecular weight is 587 g/mol. The summed E-state index contributed by atoms with van der Waals surface area (Å²) in [5.41, 5.74) is 14.8. The highest BCUT2D eigenvalue weighted by Gasteiger charge is 2.35. The molecule has 10 rings (SSSR count). The number of nitrogens with zero attached hydrogens (tertiary/aromatic N) is 2. The molecule has 1 aliphatic carbocycles. The summed E-state index contributed by atoms with van der Waals surface area (Å²) in [6, 6.07) is 53.4. The molecule has 0 aliphatic heterocycles. The van der Waals surface area contributed by atoms with Crippen LogP contribution in [0.25, 0.3) is 82.5 Å². The molecule has 0 amide bonds. The fourth-order valence-corrected chi connectivity index (χ4v) is 8.04. The lowest BCUT2D eigenvalue weighted by atomic mass is 9.81. The van der Waals surface area contributed by atoms with Gasteiger partial charge in [-0.3, -0.25) is 4.40 Å². The zero-order chi connectivity index (χ0) is 30.6. The SMILES string of the molecule is CC1(C)c2ccccc2-c2ccc(-c3ccc(-c4ccc5c6ccc7ccccc7c6c6nc7ccccc7n6c5c4)cc3)cc21. The van der Waals surface area contributed by atoms with E-state index < -0.39 is 0 Å². The third-order valence-electron chi connectivity index (χ3n) is 10.4. The van der Waals surface area contributed by atoms with Crippen LogP contribution in [0.2, 0.25) is 0 Å². The highest BCUT2D eigenvalue weighted by atomic mass is 15.0. The Kier molecular flexibility index (Phi) is 5.09. The molecule has 2 heteroatoms. The van der Waals surface area contributed by atoms with Gasteiger partial charge in [0.1, 0.15) is 5.65 Å². The second kappa shape index (κ2) is 9.15. The minimum atomic E-state index is -0.00768. The van der Waals surface area contributed by atoms with Crippen LogP contribution in [0.5, 0.6) is 0 Å². The molecule has 0 saturated carbocycles. The Morgan fingerprint density at radius 2 is 1.13 bits per heavy atom. The number of fused-ring (bicyclic) bond motifs is 13. The second-order valence-electron chi connectivity index (χ2n) is 13.2. The van der Waals surface area contributed by atoms with Gasteiger partial charge in [0.05, 0.1) is 16.6 Å². The molecule has 0 bridgehead atoms. The van der Waals surface area contributed by atoms with Crippen molar-refractivity contribution in [1.82, 2.24) is 9.38 Å². The first-order valence-corrected chi connectivity index (χ1v) is 16.1. The first kappa shape index (κ1) is 25.6. The van der Waals surface area contributed by atoms with Gasteiger partial charge in [-0.15, -0.1) is 0 Å². The maximum Gasteiger partial charge on any atom is 0.147 e. The standard InChI is InChI=1S/C44H30N2/c1-44(2)37-12-6-5-11-33(37)34-22-20-30(25-38(34)44)27-15-17-28(18-16-27)31-21-23-35-36-24-19-29-9-3-4-10-32(29)42(36)43-45-39-13-7-8-14-40(39)46(43)41(35)26-31/h3-26H,1-2H3. The summed E-state index contributed by atoms with van der Waals surface area (Å²) in [6.07, 6.45) is 0. The van der Waals surface area contributed by atoms with Crippen molar-refractivity contribution >= 4 is 49.1 Å². The molecule has 1 aliphatic rings. The molecule has 0 N–H and O–H groups in total. The maximum absolute atomic E-state index is 5.20. The van der Waals surface area contributed by atoms with Crippen LogP contribution in [-0.4, -0.2) is 9.38 Å². The molecular formula is C44H30N2. The van der Waals surface area contributed by atoms with Crippen LogP contribution in [0.4, 0.5) is 0 Å². The normalized spacial score (nSPS) is 13.6. The van der Waals surface area contributed by atoms with Crippen molar-refractivity contribution in [2.45, 2.75) is 19.3 Å². The largest absolute Gasteiger partial charge is 0.292 e. The maximum atomic E-state index is 5.20. The molecule has 46 heavy (non-hydrogen) atoms. The van der Waals surface area contributed by atoms with Crippen LogP contribution in [0, 0.1) is 0 Å². The van der Waals surface area contributed by atoms with Gasteiger partial charge < -0.3 is 0 Å². The van der Waals surface area contributed by atoms with Crippen LogP contribution < -0.4 is 0 Å². The third-order valence-corrected chi connectivity index (χ3v) is 10.4. The average Bonchev–Trinajstić information content (AvgIpc) is 3.61. The van der Waals surface area contributed by atoms with Gasteiger partial charge in [-0.1, -0.05) is 135 Å². The summed E-state index contributed by atoms with van der Waals surface area (Å²) in [5, 5.41) is 6.15. The summed E-state index contributed by atoms with van der Waals surface area (Å²) in [4.78, 5) is 5.20. The third kappa shape index (κ3) is 3.44. The van der Waals surface area contributed by atoms with E-state index in [0.29, 0.717) is 0 Å². The lowest BCUT2D eigenvalue weighted by Crippen LogP contribution is -2.14. The minimum Gasteiger partial charge on any atom is -0.292 e. The van der Waals surface area contributed by atoms with E-state index in [4.69, 9.17) is 4.98 Å². The number of hydrogen-bond donors (Lipinski definition) is 0. The second-order valence-corrected chi connectivity index (χ2v) is 13.2. The predicted molar refractivity (Wildman–Crippen MR) is 194 cm³/mol. The summed E-state index contributed by atoms with van der Waals surface area (Å²) in [7, 11) is 0. The molecule has 0 atom stereocenters. The highest BCUT2D eigenvalue weighted by Crippen LogP contribution is 2.49. The number of pyridine rings is 1. The molecule has 9 aromatic rings. The Labute approximate surface area is 267 Å². The predicted octanol–water partition coefficient (Wildman–Crippen LogP) is 11.6. The van der Waals surface area contributed by atoms with Crippen molar-refractivity contribution in [3.8, 4) is 33.4 Å². The number of rotatable bonds is 2. The first-order chi connectivity index (χ1) is 22.6. The topological polar surface area (TPSA) is 17.3 Å². The summed E-state index contributed by atoms with van der Waals surface area (Å²) in [6.45, 7) is 4.69. The van der Waals surface area contributed by atoms with E-state index in [1.54, 1.807) is 0 Å². The van der Waals surface area contributed by atoms with Crippen LogP contribution in [-0.2, 0) is 5.41 Å². The minimum absolute atomic E-state index is 0.00768. The van der Waals surface area contributed by atoms with Crippen molar-refractivity contribution in [3.63, 3.8) is 0 Å². The number of hydrogen-bond acceptors (Lipinski definition) is 1. The smallest absolute Gasteiger partial charge is 0.147 e. The number of imidazole rings is 1. The quantitative estimate of drug-likeness (QED) is 0.184. The van der Waals surface area contributed by atoms with Crippen LogP contribution in [0.3, 0.4) is 0 Å². The molecule has 0 unspecified atom stereocenters.